The molecule has 0 saturated carbocycles. The Morgan fingerprint density at radius 2 is 1.66 bits per heavy atom. The first-order valence-electron chi connectivity index (χ1n) is 17.3. The molecule has 2 aliphatic heterocycles. The summed E-state index contributed by atoms with van der Waals surface area (Å²) in [7, 11) is 0. The van der Waals surface area contributed by atoms with Crippen molar-refractivity contribution in [2.75, 3.05) is 19.6 Å². The minimum atomic E-state index is -1.76. The quantitative estimate of drug-likeness (QED) is 0.0697. The molecule has 2 aromatic carbocycles. The lowest BCUT2D eigenvalue weighted by molar-refractivity contribution is -0.163. The van der Waals surface area contributed by atoms with Crippen LogP contribution in [0.2, 0.25) is 0 Å². The molecule has 8 atom stereocenters. The molecule has 5 N–H and O–H groups in total. The Bertz CT molecular complexity index is 1610. The number of hydrogen-bond donors (Lipinski definition) is 5. The van der Waals surface area contributed by atoms with Crippen molar-refractivity contribution in [3.05, 3.63) is 66.1 Å². The largest absolute Gasteiger partial charge is 0.445 e. The lowest BCUT2D eigenvalue weighted by atomic mass is 9.82. The number of cyclic esters (lactones) is 1. The lowest BCUT2D eigenvalue weighted by Crippen LogP contribution is -2.58. The molecule has 0 fully saturated rings. The Morgan fingerprint density at radius 3 is 2.36 bits per heavy atom. The minimum Gasteiger partial charge on any atom is -0.445 e. The number of benzene rings is 2. The zero-order valence-electron chi connectivity index (χ0n) is 29.6. The van der Waals surface area contributed by atoms with E-state index in [0.29, 0.717) is 38.5 Å². The molecule has 0 radical (unpaired) electrons. The van der Waals surface area contributed by atoms with Crippen molar-refractivity contribution in [1.82, 2.24) is 15.2 Å². The molecule has 3 heterocycles. The van der Waals surface area contributed by atoms with Crippen LogP contribution in [-0.4, -0.2) is 89.5 Å². The molecule has 0 saturated heterocycles. The normalized spacial score (nSPS) is 32.3. The van der Waals surface area contributed by atoms with Gasteiger partial charge in [0, 0.05) is 45.0 Å². The van der Waals surface area contributed by atoms with E-state index in [4.69, 9.17) is 14.1 Å². The van der Waals surface area contributed by atoms with Crippen LogP contribution in [0.25, 0.3) is 22.6 Å². The molecule has 5 rings (SSSR count). The minimum absolute atomic E-state index is 0.0745. The van der Waals surface area contributed by atoms with Gasteiger partial charge in [-0.3, -0.25) is 4.90 Å². The number of aliphatic hydroxyl groups is 4. The predicted octanol–water partition coefficient (Wildman–Crippen LogP) is 5.79. The molecule has 0 amide bonds. The van der Waals surface area contributed by atoms with Gasteiger partial charge in [-0.2, -0.15) is 0 Å². The van der Waals surface area contributed by atoms with Crippen molar-refractivity contribution in [1.29, 1.82) is 0 Å². The summed E-state index contributed by atoms with van der Waals surface area (Å²) in [6.45, 7) is 12.4. The highest BCUT2D eigenvalue weighted by atomic mass is 127. The molecule has 10 nitrogen and oxygen atoms in total. The van der Waals surface area contributed by atoms with Gasteiger partial charge in [0.05, 0.1) is 18.2 Å². The van der Waals surface area contributed by atoms with Gasteiger partial charge in [0.25, 0.3) is 0 Å². The molecule has 0 unspecified atom stereocenters. The van der Waals surface area contributed by atoms with Crippen LogP contribution in [0, 0.1) is 11.8 Å². The van der Waals surface area contributed by atoms with Crippen LogP contribution in [0.4, 0.5) is 0 Å². The van der Waals surface area contributed by atoms with E-state index < -0.39 is 45.4 Å². The van der Waals surface area contributed by atoms with Crippen molar-refractivity contribution in [2.24, 2.45) is 11.8 Å². The first kappa shape index (κ1) is 38.9. The molecular formula is C38H50IN3O7S. The summed E-state index contributed by atoms with van der Waals surface area (Å²) in [6.07, 6.45) is 0.189. The number of nitrogens with one attached hydrogen (secondary N) is 1. The third-order valence-electron chi connectivity index (χ3n) is 9.82. The third-order valence-corrected chi connectivity index (χ3v) is 12.5. The van der Waals surface area contributed by atoms with E-state index in [-0.39, 0.29) is 17.9 Å². The molecule has 50 heavy (non-hydrogen) atoms. The molecule has 12 heteroatoms. The number of hydrogen-bond acceptors (Lipinski definition) is 11. The topological polar surface area (TPSA) is 149 Å². The van der Waals surface area contributed by atoms with Gasteiger partial charge in [0.15, 0.2) is 9.87 Å². The fourth-order valence-corrected chi connectivity index (χ4v) is 8.70. The Hall–Kier alpha value is -2.30. The second kappa shape index (κ2) is 16.2. The summed E-state index contributed by atoms with van der Waals surface area (Å²) in [5.74, 6) is 0.0906. The van der Waals surface area contributed by atoms with E-state index >= 15 is 0 Å². The van der Waals surface area contributed by atoms with Gasteiger partial charge < -0.3 is 34.9 Å². The van der Waals surface area contributed by atoms with Crippen LogP contribution in [-0.2, 0) is 16.1 Å². The number of fused-ring (bicyclic) bond motifs is 5. The van der Waals surface area contributed by atoms with Gasteiger partial charge >= 0.3 is 5.97 Å². The van der Waals surface area contributed by atoms with Gasteiger partial charge in [-0.25, -0.2) is 9.78 Å². The fourth-order valence-electron chi connectivity index (χ4n) is 7.02. The van der Waals surface area contributed by atoms with Gasteiger partial charge in [-0.05, 0) is 94.3 Å². The molecule has 3 aromatic rings. The monoisotopic (exact) mass is 819 g/mol. The van der Waals surface area contributed by atoms with Crippen molar-refractivity contribution >= 4 is 40.3 Å². The first-order chi connectivity index (χ1) is 23.6. The van der Waals surface area contributed by atoms with E-state index in [2.05, 4.69) is 34.5 Å². The van der Waals surface area contributed by atoms with Gasteiger partial charge in [-0.1, -0.05) is 68.1 Å². The summed E-state index contributed by atoms with van der Waals surface area (Å²) in [6, 6.07) is 15.9. The van der Waals surface area contributed by atoms with Gasteiger partial charge in [0.2, 0.25) is 5.89 Å². The highest BCUT2D eigenvalue weighted by Crippen LogP contribution is 2.47. The number of carbonyl (C=O) groups is 1. The number of ether oxygens (including phenoxy) is 1. The fraction of sp³-hybridized carbons (Fsp3) is 0.526. The van der Waals surface area contributed by atoms with E-state index in [1.807, 2.05) is 60.7 Å². The standard InChI is InChI=1S/C38H50IN3O7S/c1-22-19-37(5,46)33(43)23(2)18-24(3)35(45)49-36(39)38(6,47)34(44)25(4)42(21-22)17-11-16-40-20-30-41-31-26-12-7-9-14-28(26)50-29-15-10-8-13-27(29)32(31)48-30/h7-10,12-15,18,22-23,25,33-34,36,40,43-44,46-47H,11,16-17,19-21H2,1-6H3/b24-18-/t22-,23+,25-,33-,34-,36+,37-,38+/m1/s1. The summed E-state index contributed by atoms with van der Waals surface area (Å²) in [5, 5.41) is 48.8. The van der Waals surface area contributed by atoms with Crippen molar-refractivity contribution in [2.45, 2.75) is 104 Å². The predicted molar refractivity (Wildman–Crippen MR) is 203 cm³/mol. The van der Waals surface area contributed by atoms with E-state index in [1.54, 1.807) is 38.6 Å². The molecule has 0 aliphatic carbocycles. The van der Waals surface area contributed by atoms with Crippen molar-refractivity contribution < 1.29 is 34.4 Å². The maximum atomic E-state index is 12.9. The molecule has 0 spiro atoms. The zero-order chi connectivity index (χ0) is 36.4. The van der Waals surface area contributed by atoms with Crippen LogP contribution >= 0.6 is 34.4 Å². The number of alkyl halides is 1. The van der Waals surface area contributed by atoms with Crippen molar-refractivity contribution in [3.8, 4) is 22.6 Å². The molecular weight excluding hydrogens is 769 g/mol. The molecule has 272 valence electrons. The van der Waals surface area contributed by atoms with Crippen LogP contribution in [0.1, 0.15) is 60.3 Å². The SMILES string of the molecule is C/C1=C/[C@H](C)[C@@H](O)[C@](C)(O)C[C@@H](C)CN(CCCNCc2nc3c(o2)-c2ccccc2Sc2ccccc2-3)[C@H](C)[C@@H](O)[C@](C)(O)[C@@H](I)OC1=O. The molecule has 1 aromatic heterocycles. The second-order valence-electron chi connectivity index (χ2n) is 14.4. The van der Waals surface area contributed by atoms with E-state index in [0.717, 1.165) is 32.4 Å². The highest BCUT2D eigenvalue weighted by molar-refractivity contribution is 14.1. The number of carbonyl (C=O) groups excluding carboxylic acids is 1. The third kappa shape index (κ3) is 8.66. The maximum absolute atomic E-state index is 12.9. The Labute approximate surface area is 312 Å². The average molecular weight is 820 g/mol. The van der Waals surface area contributed by atoms with Gasteiger partial charge in [-0.15, -0.1) is 0 Å². The summed E-state index contributed by atoms with van der Waals surface area (Å²) in [5.41, 5.74) is -0.0396. The van der Waals surface area contributed by atoms with Crippen LogP contribution < -0.4 is 5.32 Å². The zero-order valence-corrected chi connectivity index (χ0v) is 32.6. The number of halogens is 1. The Kier molecular flexibility index (Phi) is 12.6. The van der Waals surface area contributed by atoms with Gasteiger partial charge in [0.1, 0.15) is 17.4 Å². The highest BCUT2D eigenvalue weighted by Gasteiger charge is 2.45. The van der Waals surface area contributed by atoms with Crippen LogP contribution in [0.15, 0.2) is 74.4 Å². The number of aromatic nitrogens is 1. The summed E-state index contributed by atoms with van der Waals surface area (Å²) >= 11 is 3.56. The van der Waals surface area contributed by atoms with Crippen molar-refractivity contribution in [3.63, 3.8) is 0 Å². The first-order valence-corrected chi connectivity index (χ1v) is 19.3. The summed E-state index contributed by atoms with van der Waals surface area (Å²) < 4.78 is 10.9. The van der Waals surface area contributed by atoms with E-state index in [1.165, 1.54) is 6.92 Å². The Morgan fingerprint density at radius 1 is 1.02 bits per heavy atom. The average Bonchev–Trinajstić information content (AvgIpc) is 3.44. The number of esters is 1. The second-order valence-corrected chi connectivity index (χ2v) is 16.6. The molecule has 2 aliphatic rings. The lowest BCUT2D eigenvalue weighted by Gasteiger charge is -2.42. The Balaban J connectivity index is 1.29. The van der Waals surface area contributed by atoms with Crippen LogP contribution in [0.3, 0.4) is 0 Å². The number of nitrogens with zero attached hydrogens (tertiary/aromatic N) is 2. The van der Waals surface area contributed by atoms with E-state index in [9.17, 15) is 25.2 Å². The summed E-state index contributed by atoms with van der Waals surface area (Å²) in [4.78, 5) is 22.1. The van der Waals surface area contributed by atoms with Crippen LogP contribution in [0.5, 0.6) is 0 Å². The maximum Gasteiger partial charge on any atom is 0.334 e. The molecule has 0 bridgehead atoms. The number of rotatable bonds is 6. The number of aliphatic hydroxyl groups excluding tert-OH is 2. The smallest absolute Gasteiger partial charge is 0.334 e. The number of oxazole rings is 1.